The van der Waals surface area contributed by atoms with Crippen molar-refractivity contribution in [1.82, 2.24) is 10.6 Å². The van der Waals surface area contributed by atoms with Gasteiger partial charge in [0, 0.05) is 37.8 Å². The Hall–Kier alpha value is -0.160. The van der Waals surface area contributed by atoms with Crippen LogP contribution >= 0.6 is 0 Å². The predicted octanol–water partition coefficient (Wildman–Crippen LogP) is 0.871. The highest BCUT2D eigenvalue weighted by molar-refractivity contribution is 5.06. The van der Waals surface area contributed by atoms with Crippen molar-refractivity contribution in [2.24, 2.45) is 5.41 Å². The van der Waals surface area contributed by atoms with Crippen molar-refractivity contribution in [3.05, 3.63) is 0 Å². The molecule has 3 saturated heterocycles. The SMILES string of the molecule is CC1(C)CNC2(CCNCC2)OC12CCOC2. The van der Waals surface area contributed by atoms with Crippen molar-refractivity contribution in [2.75, 3.05) is 32.8 Å². The molecular formula is C13H24N2O2. The van der Waals surface area contributed by atoms with E-state index in [1.807, 2.05) is 0 Å². The zero-order valence-corrected chi connectivity index (χ0v) is 11.0. The molecule has 0 aromatic rings. The number of piperidine rings is 1. The van der Waals surface area contributed by atoms with Crippen LogP contribution < -0.4 is 10.6 Å². The largest absolute Gasteiger partial charge is 0.378 e. The van der Waals surface area contributed by atoms with Crippen molar-refractivity contribution in [1.29, 1.82) is 0 Å². The quantitative estimate of drug-likeness (QED) is 0.659. The minimum Gasteiger partial charge on any atom is -0.378 e. The molecule has 17 heavy (non-hydrogen) atoms. The Morgan fingerprint density at radius 1 is 1.06 bits per heavy atom. The molecule has 4 nitrogen and oxygen atoms in total. The normalized spacial score (nSPS) is 39.9. The second-order valence-electron chi connectivity index (χ2n) is 6.38. The molecule has 98 valence electrons. The van der Waals surface area contributed by atoms with Crippen LogP contribution in [0.15, 0.2) is 0 Å². The molecule has 3 rings (SSSR count). The molecule has 1 unspecified atom stereocenters. The van der Waals surface area contributed by atoms with E-state index in [4.69, 9.17) is 9.47 Å². The number of hydrogen-bond acceptors (Lipinski definition) is 4. The molecule has 4 heteroatoms. The molecule has 0 aromatic carbocycles. The summed E-state index contributed by atoms with van der Waals surface area (Å²) in [5.41, 5.74) is -0.0241. The van der Waals surface area contributed by atoms with Crippen molar-refractivity contribution >= 4 is 0 Å². The summed E-state index contributed by atoms with van der Waals surface area (Å²) in [5, 5.41) is 7.06. The van der Waals surface area contributed by atoms with Gasteiger partial charge in [0.1, 0.15) is 11.3 Å². The first kappa shape index (κ1) is 11.9. The molecule has 0 aromatic heterocycles. The van der Waals surface area contributed by atoms with Crippen LogP contribution in [0.3, 0.4) is 0 Å². The first-order valence-electron chi connectivity index (χ1n) is 6.81. The smallest absolute Gasteiger partial charge is 0.122 e. The topological polar surface area (TPSA) is 42.5 Å². The second kappa shape index (κ2) is 3.92. The highest BCUT2D eigenvalue weighted by Gasteiger charge is 2.57. The molecule has 0 radical (unpaired) electrons. The summed E-state index contributed by atoms with van der Waals surface area (Å²) in [6.45, 7) is 9.31. The van der Waals surface area contributed by atoms with Crippen molar-refractivity contribution in [2.45, 2.75) is 44.4 Å². The summed E-state index contributed by atoms with van der Waals surface area (Å²) in [7, 11) is 0. The van der Waals surface area contributed by atoms with E-state index in [0.29, 0.717) is 0 Å². The number of hydrogen-bond donors (Lipinski definition) is 2. The summed E-state index contributed by atoms with van der Waals surface area (Å²) in [5.74, 6) is 0. The Morgan fingerprint density at radius 3 is 2.47 bits per heavy atom. The molecule has 3 aliphatic rings. The molecule has 1 atom stereocenters. The molecule has 0 saturated carbocycles. The maximum Gasteiger partial charge on any atom is 0.122 e. The minimum atomic E-state index is -0.103. The van der Waals surface area contributed by atoms with E-state index in [9.17, 15) is 0 Å². The Balaban J connectivity index is 1.84. The van der Waals surface area contributed by atoms with Gasteiger partial charge in [0.15, 0.2) is 0 Å². The monoisotopic (exact) mass is 240 g/mol. The van der Waals surface area contributed by atoms with E-state index in [2.05, 4.69) is 24.5 Å². The van der Waals surface area contributed by atoms with Crippen LogP contribution in [-0.2, 0) is 9.47 Å². The molecule has 3 heterocycles. The summed E-state index contributed by atoms with van der Waals surface area (Å²) < 4.78 is 12.2. The molecule has 0 amide bonds. The van der Waals surface area contributed by atoms with Crippen molar-refractivity contribution in [3.63, 3.8) is 0 Å². The van der Waals surface area contributed by atoms with Gasteiger partial charge in [-0.3, -0.25) is 5.32 Å². The van der Waals surface area contributed by atoms with Crippen molar-refractivity contribution < 1.29 is 9.47 Å². The molecular weight excluding hydrogens is 216 g/mol. The van der Waals surface area contributed by atoms with Crippen LogP contribution in [0.5, 0.6) is 0 Å². The van der Waals surface area contributed by atoms with Gasteiger partial charge in [-0.05, 0) is 13.1 Å². The minimum absolute atomic E-state index is 0.0738. The van der Waals surface area contributed by atoms with Gasteiger partial charge in [-0.1, -0.05) is 13.8 Å². The van der Waals surface area contributed by atoms with E-state index < -0.39 is 0 Å². The zero-order chi connectivity index (χ0) is 12.0. The van der Waals surface area contributed by atoms with Gasteiger partial charge in [0.25, 0.3) is 0 Å². The van der Waals surface area contributed by atoms with E-state index in [0.717, 1.165) is 52.1 Å². The van der Waals surface area contributed by atoms with Gasteiger partial charge in [0.05, 0.1) is 6.61 Å². The first-order valence-corrected chi connectivity index (χ1v) is 6.81. The van der Waals surface area contributed by atoms with Crippen LogP contribution in [-0.4, -0.2) is 44.2 Å². The maximum atomic E-state index is 6.60. The lowest BCUT2D eigenvalue weighted by Crippen LogP contribution is -2.69. The van der Waals surface area contributed by atoms with Gasteiger partial charge in [0.2, 0.25) is 0 Å². The summed E-state index contributed by atoms with van der Waals surface area (Å²) >= 11 is 0. The average Bonchev–Trinajstić information content (AvgIpc) is 2.77. The fraction of sp³-hybridized carbons (Fsp3) is 1.00. The van der Waals surface area contributed by atoms with Gasteiger partial charge >= 0.3 is 0 Å². The number of ether oxygens (including phenoxy) is 2. The fourth-order valence-electron chi connectivity index (χ4n) is 3.36. The summed E-state index contributed by atoms with van der Waals surface area (Å²) in [6, 6.07) is 0. The van der Waals surface area contributed by atoms with Crippen LogP contribution in [0, 0.1) is 5.41 Å². The summed E-state index contributed by atoms with van der Waals surface area (Å²) in [6.07, 6.45) is 3.16. The second-order valence-corrected chi connectivity index (χ2v) is 6.38. The molecule has 3 fully saturated rings. The van der Waals surface area contributed by atoms with Gasteiger partial charge in [-0.25, -0.2) is 0 Å². The first-order chi connectivity index (χ1) is 8.08. The fourth-order valence-corrected chi connectivity index (χ4v) is 3.36. The van der Waals surface area contributed by atoms with E-state index in [1.54, 1.807) is 0 Å². The molecule has 2 spiro atoms. The van der Waals surface area contributed by atoms with Crippen LogP contribution in [0.1, 0.15) is 33.1 Å². The Labute approximate surface area is 103 Å². The van der Waals surface area contributed by atoms with E-state index in [-0.39, 0.29) is 16.7 Å². The highest BCUT2D eigenvalue weighted by Crippen LogP contribution is 2.47. The lowest BCUT2D eigenvalue weighted by atomic mass is 9.71. The third kappa shape index (κ3) is 1.82. The lowest BCUT2D eigenvalue weighted by molar-refractivity contribution is -0.256. The standard InChI is InChI=1S/C13H24N2O2/c1-11(2)9-15-13(3-6-14-7-4-13)17-12(11)5-8-16-10-12/h14-15H,3-10H2,1-2H3. The third-order valence-corrected chi connectivity index (χ3v) is 4.87. The van der Waals surface area contributed by atoms with E-state index in [1.165, 1.54) is 0 Å². The Bertz CT molecular complexity index is 292. The Morgan fingerprint density at radius 2 is 1.82 bits per heavy atom. The van der Waals surface area contributed by atoms with Crippen molar-refractivity contribution in [3.8, 4) is 0 Å². The predicted molar refractivity (Wildman–Crippen MR) is 65.9 cm³/mol. The number of nitrogens with one attached hydrogen (secondary N) is 2. The molecule has 0 aliphatic carbocycles. The van der Waals surface area contributed by atoms with Crippen LogP contribution in [0.4, 0.5) is 0 Å². The maximum absolute atomic E-state index is 6.60. The lowest BCUT2D eigenvalue weighted by Gasteiger charge is -2.56. The van der Waals surface area contributed by atoms with Gasteiger partial charge < -0.3 is 14.8 Å². The molecule has 3 aliphatic heterocycles. The van der Waals surface area contributed by atoms with Gasteiger partial charge in [-0.15, -0.1) is 0 Å². The highest BCUT2D eigenvalue weighted by atomic mass is 16.6. The molecule has 0 bridgehead atoms. The summed E-state index contributed by atoms with van der Waals surface area (Å²) in [4.78, 5) is 0. The molecule has 2 N–H and O–H groups in total. The van der Waals surface area contributed by atoms with Crippen LogP contribution in [0.2, 0.25) is 0 Å². The Kier molecular flexibility index (Phi) is 2.74. The third-order valence-electron chi connectivity index (χ3n) is 4.87. The zero-order valence-electron chi connectivity index (χ0n) is 11.0. The van der Waals surface area contributed by atoms with E-state index >= 15 is 0 Å². The van der Waals surface area contributed by atoms with Crippen LogP contribution in [0.25, 0.3) is 0 Å². The van der Waals surface area contributed by atoms with Gasteiger partial charge in [-0.2, -0.15) is 0 Å². The number of rotatable bonds is 0. The average molecular weight is 240 g/mol.